The van der Waals surface area contributed by atoms with E-state index in [2.05, 4.69) is 19.8 Å². The fraction of sp³-hybridized carbons (Fsp3) is 0.292. The molecule has 3 aromatic rings. The summed E-state index contributed by atoms with van der Waals surface area (Å²) in [6, 6.07) is 14.3. The van der Waals surface area contributed by atoms with Gasteiger partial charge >= 0.3 is 16.4 Å². The van der Waals surface area contributed by atoms with Gasteiger partial charge in [0.25, 0.3) is 0 Å². The van der Waals surface area contributed by atoms with Gasteiger partial charge in [0.2, 0.25) is 5.91 Å². The summed E-state index contributed by atoms with van der Waals surface area (Å²) in [7, 11) is -2.89. The summed E-state index contributed by atoms with van der Waals surface area (Å²) >= 11 is 1.50. The Labute approximate surface area is 214 Å². The molecule has 12 heteroatoms. The average Bonchev–Trinajstić information content (AvgIpc) is 3.33. The standard InChI is InChI=1S/C24H28N4O6S2/c1-3-22-26-21(15-35-22)19(13-17-9-11-18(12-10-17)34-36(25,31)32)27-23(29)20(28-24(30)33-2)14-16-7-5-4-6-8-16/h4-12,15,19-20H,3,13-14H2,1-2H3,(H,27,29)(H,28,30)(H2,25,31,32). The smallest absolute Gasteiger partial charge is 0.407 e. The fourth-order valence-electron chi connectivity index (χ4n) is 3.46. The van der Waals surface area contributed by atoms with E-state index in [0.717, 1.165) is 22.6 Å². The number of hydrogen-bond acceptors (Lipinski definition) is 8. The number of benzene rings is 2. The summed E-state index contributed by atoms with van der Waals surface area (Å²) in [4.78, 5) is 29.9. The lowest BCUT2D eigenvalue weighted by Gasteiger charge is -2.23. The van der Waals surface area contributed by atoms with Crippen LogP contribution in [0.25, 0.3) is 0 Å². The first-order valence-corrected chi connectivity index (χ1v) is 13.5. The molecule has 0 aliphatic carbocycles. The zero-order valence-electron chi connectivity index (χ0n) is 19.8. The van der Waals surface area contributed by atoms with E-state index in [9.17, 15) is 18.0 Å². The topological polar surface area (TPSA) is 150 Å². The van der Waals surface area contributed by atoms with Crippen LogP contribution in [-0.2, 0) is 39.1 Å². The molecule has 36 heavy (non-hydrogen) atoms. The fourth-order valence-corrected chi connectivity index (χ4v) is 4.64. The van der Waals surface area contributed by atoms with E-state index in [1.807, 2.05) is 42.6 Å². The molecule has 3 rings (SSSR count). The van der Waals surface area contributed by atoms with E-state index >= 15 is 0 Å². The first-order valence-electron chi connectivity index (χ1n) is 11.1. The van der Waals surface area contributed by atoms with Crippen LogP contribution in [-0.4, -0.2) is 38.6 Å². The van der Waals surface area contributed by atoms with Gasteiger partial charge in [-0.3, -0.25) is 4.79 Å². The number of aromatic nitrogens is 1. The molecule has 0 spiro atoms. The zero-order valence-corrected chi connectivity index (χ0v) is 21.5. The van der Waals surface area contributed by atoms with E-state index < -0.39 is 34.4 Å². The van der Waals surface area contributed by atoms with Gasteiger partial charge in [0.15, 0.2) is 0 Å². The molecule has 0 fully saturated rings. The van der Waals surface area contributed by atoms with Crippen molar-refractivity contribution in [2.75, 3.05) is 7.11 Å². The molecule has 0 aliphatic rings. The van der Waals surface area contributed by atoms with Crippen LogP contribution in [0.1, 0.15) is 34.8 Å². The van der Waals surface area contributed by atoms with Crippen LogP contribution in [0.3, 0.4) is 0 Å². The molecular formula is C24H28N4O6S2. The van der Waals surface area contributed by atoms with Gasteiger partial charge in [-0.1, -0.05) is 49.4 Å². The number of aryl methyl sites for hydroxylation is 1. The first kappa shape index (κ1) is 27.1. The number of alkyl carbamates (subject to hydrolysis) is 1. The Bertz CT molecular complexity index is 1260. The Morgan fingerprint density at radius 1 is 1.03 bits per heavy atom. The largest absolute Gasteiger partial charge is 0.453 e. The average molecular weight is 533 g/mol. The Morgan fingerprint density at radius 2 is 1.69 bits per heavy atom. The van der Waals surface area contributed by atoms with Crippen LogP contribution in [0, 0.1) is 0 Å². The highest BCUT2D eigenvalue weighted by molar-refractivity contribution is 7.84. The second-order valence-corrected chi connectivity index (χ2v) is 9.98. The van der Waals surface area contributed by atoms with Gasteiger partial charge in [-0.25, -0.2) is 9.78 Å². The maximum atomic E-state index is 13.4. The SMILES string of the molecule is CCc1nc(C(Cc2ccc(OS(N)(=O)=O)cc2)NC(=O)C(Cc2ccccc2)NC(=O)OC)cs1. The Kier molecular flexibility index (Phi) is 9.39. The zero-order chi connectivity index (χ0) is 26.1. The van der Waals surface area contributed by atoms with Crippen molar-refractivity contribution in [2.24, 2.45) is 5.14 Å². The van der Waals surface area contributed by atoms with Crippen LogP contribution in [0.5, 0.6) is 5.75 Å². The minimum Gasteiger partial charge on any atom is -0.453 e. The summed E-state index contributed by atoms with van der Waals surface area (Å²) in [5.41, 5.74) is 2.36. The van der Waals surface area contributed by atoms with Crippen molar-refractivity contribution < 1.29 is 26.9 Å². The van der Waals surface area contributed by atoms with Gasteiger partial charge in [0.1, 0.15) is 11.8 Å². The number of nitrogens with two attached hydrogens (primary N) is 1. The molecule has 10 nitrogen and oxygen atoms in total. The van der Waals surface area contributed by atoms with E-state index in [0.29, 0.717) is 12.1 Å². The monoisotopic (exact) mass is 532 g/mol. The van der Waals surface area contributed by atoms with Crippen LogP contribution in [0.2, 0.25) is 0 Å². The first-order chi connectivity index (χ1) is 17.2. The molecule has 2 aromatic carbocycles. The van der Waals surface area contributed by atoms with Crippen molar-refractivity contribution in [1.82, 2.24) is 15.6 Å². The highest BCUT2D eigenvalue weighted by Crippen LogP contribution is 2.23. The van der Waals surface area contributed by atoms with Gasteiger partial charge in [-0.05, 0) is 36.1 Å². The van der Waals surface area contributed by atoms with Gasteiger partial charge < -0.3 is 19.6 Å². The third kappa shape index (κ3) is 8.33. The third-order valence-corrected chi connectivity index (χ3v) is 6.63. The quantitative estimate of drug-likeness (QED) is 0.344. The lowest BCUT2D eigenvalue weighted by atomic mass is 10.0. The summed E-state index contributed by atoms with van der Waals surface area (Å²) in [6.07, 6.45) is 0.677. The number of thiazole rings is 1. The van der Waals surface area contributed by atoms with E-state index in [1.54, 1.807) is 12.1 Å². The number of nitrogens with one attached hydrogen (secondary N) is 2. The number of carbonyl (C=O) groups excluding carboxylic acids is 2. The summed E-state index contributed by atoms with van der Waals surface area (Å²) in [6.45, 7) is 2.00. The van der Waals surface area contributed by atoms with Crippen LogP contribution in [0.4, 0.5) is 4.79 Å². The number of rotatable bonds is 11. The van der Waals surface area contributed by atoms with Crippen LogP contribution in [0.15, 0.2) is 60.0 Å². The number of methoxy groups -OCH3 is 1. The number of nitrogens with zero attached hydrogens (tertiary/aromatic N) is 1. The molecule has 192 valence electrons. The van der Waals surface area contributed by atoms with E-state index in [4.69, 9.17) is 9.88 Å². The minimum absolute atomic E-state index is 0.0777. The van der Waals surface area contributed by atoms with Gasteiger partial charge in [-0.15, -0.1) is 11.3 Å². The normalized spacial score (nSPS) is 12.9. The predicted molar refractivity (Wildman–Crippen MR) is 136 cm³/mol. The van der Waals surface area contributed by atoms with Gasteiger partial charge in [0.05, 0.1) is 23.9 Å². The molecule has 0 radical (unpaired) electrons. The maximum absolute atomic E-state index is 13.4. The molecule has 2 unspecified atom stereocenters. The summed E-state index contributed by atoms with van der Waals surface area (Å²) in [5, 5.41) is 13.3. The Hall–Kier alpha value is -3.48. The molecule has 2 amide bonds. The van der Waals surface area contributed by atoms with Crippen molar-refractivity contribution in [3.8, 4) is 5.75 Å². The lowest BCUT2D eigenvalue weighted by molar-refractivity contribution is -0.123. The summed E-state index contributed by atoms with van der Waals surface area (Å²) in [5.74, 6) is -0.316. The second-order valence-electron chi connectivity index (χ2n) is 7.88. The van der Waals surface area contributed by atoms with E-state index in [-0.39, 0.29) is 12.2 Å². The van der Waals surface area contributed by atoms with Crippen molar-refractivity contribution in [2.45, 2.75) is 38.3 Å². The highest BCUT2D eigenvalue weighted by atomic mass is 32.2. The number of ether oxygens (including phenoxy) is 1. The van der Waals surface area contributed by atoms with Gasteiger partial charge in [-0.2, -0.15) is 13.6 Å². The predicted octanol–water partition coefficient (Wildman–Crippen LogP) is 2.66. The number of carbonyl (C=O) groups is 2. The third-order valence-electron chi connectivity index (χ3n) is 5.20. The molecular weight excluding hydrogens is 504 g/mol. The van der Waals surface area contributed by atoms with Gasteiger partial charge in [0, 0.05) is 11.8 Å². The van der Waals surface area contributed by atoms with Crippen molar-refractivity contribution in [1.29, 1.82) is 0 Å². The lowest BCUT2D eigenvalue weighted by Crippen LogP contribution is -2.49. The molecule has 0 bridgehead atoms. The molecule has 0 saturated carbocycles. The molecule has 1 heterocycles. The molecule has 0 saturated heterocycles. The van der Waals surface area contributed by atoms with Crippen LogP contribution >= 0.6 is 11.3 Å². The van der Waals surface area contributed by atoms with Crippen molar-refractivity contribution >= 4 is 33.6 Å². The van der Waals surface area contributed by atoms with E-state index in [1.165, 1.54) is 30.6 Å². The number of hydrogen-bond donors (Lipinski definition) is 3. The molecule has 1 aromatic heterocycles. The number of amides is 2. The van der Waals surface area contributed by atoms with Crippen LogP contribution < -0.4 is 20.0 Å². The molecule has 4 N–H and O–H groups in total. The van der Waals surface area contributed by atoms with Crippen molar-refractivity contribution in [3.63, 3.8) is 0 Å². The highest BCUT2D eigenvalue weighted by Gasteiger charge is 2.26. The molecule has 2 atom stereocenters. The molecule has 0 aliphatic heterocycles. The Balaban J connectivity index is 1.82. The summed E-state index contributed by atoms with van der Waals surface area (Å²) < 4.78 is 31.7. The Morgan fingerprint density at radius 3 is 2.28 bits per heavy atom. The minimum atomic E-state index is -4.13. The second kappa shape index (κ2) is 12.5. The van der Waals surface area contributed by atoms with Crippen molar-refractivity contribution in [3.05, 3.63) is 81.8 Å². The maximum Gasteiger partial charge on any atom is 0.407 e.